The molecule has 0 unspecified atom stereocenters. The second-order valence-corrected chi connectivity index (χ2v) is 11.6. The quantitative estimate of drug-likeness (QED) is 0.478. The monoisotopic (exact) mass is 555 g/mol. The number of carbonyl (C=O) groups is 2. The van der Waals surface area contributed by atoms with Crippen molar-refractivity contribution >= 4 is 29.0 Å². The third-order valence-corrected chi connectivity index (χ3v) is 8.89. The standard InChI is InChI=1S/C32H41N7O2/c1-24-21-26(32(41)39-23-27-22-33-35(2)31(27)34-28-7-3-4-8-29(28)39)10-9-25(24)11-12-30(40)38-19-17-37(18-20-38)16-15-36-13-5-6-14-36/h3-4,7-10,21-22,34H,5-6,11-20,23H2,1-2H3. The lowest BCUT2D eigenvalue weighted by Crippen LogP contribution is -2.50. The Bertz CT molecular complexity index is 1400. The van der Waals surface area contributed by atoms with Gasteiger partial charge in [0.1, 0.15) is 5.82 Å². The third-order valence-electron chi connectivity index (χ3n) is 8.89. The molecule has 1 aromatic heterocycles. The number of nitrogens with one attached hydrogen (secondary N) is 1. The summed E-state index contributed by atoms with van der Waals surface area (Å²) in [6.07, 6.45) is 5.66. The maximum atomic E-state index is 13.8. The molecule has 0 bridgehead atoms. The number of aryl methyl sites for hydroxylation is 3. The van der Waals surface area contributed by atoms with Crippen LogP contribution >= 0.6 is 0 Å². The van der Waals surface area contributed by atoms with Crippen molar-refractivity contribution in [1.29, 1.82) is 0 Å². The van der Waals surface area contributed by atoms with Gasteiger partial charge in [0.25, 0.3) is 5.91 Å². The second kappa shape index (κ2) is 12.0. The zero-order chi connectivity index (χ0) is 28.3. The Morgan fingerprint density at radius 2 is 1.66 bits per heavy atom. The summed E-state index contributed by atoms with van der Waals surface area (Å²) in [5, 5.41) is 7.83. The van der Waals surface area contributed by atoms with Crippen molar-refractivity contribution < 1.29 is 9.59 Å². The Kier molecular flexibility index (Phi) is 8.07. The van der Waals surface area contributed by atoms with Gasteiger partial charge in [-0.3, -0.25) is 19.2 Å². The minimum absolute atomic E-state index is 0.0516. The number of hydrogen-bond acceptors (Lipinski definition) is 6. The predicted octanol–water partition coefficient (Wildman–Crippen LogP) is 3.81. The molecule has 3 aliphatic rings. The van der Waals surface area contributed by atoms with Crippen LogP contribution in [0.1, 0.15) is 46.3 Å². The van der Waals surface area contributed by atoms with Crippen molar-refractivity contribution in [1.82, 2.24) is 24.5 Å². The van der Waals surface area contributed by atoms with Crippen LogP contribution in [-0.4, -0.2) is 88.7 Å². The van der Waals surface area contributed by atoms with E-state index in [4.69, 9.17) is 0 Å². The van der Waals surface area contributed by atoms with Gasteiger partial charge < -0.3 is 20.0 Å². The number of benzene rings is 2. The van der Waals surface area contributed by atoms with Crippen LogP contribution in [0.5, 0.6) is 0 Å². The largest absolute Gasteiger partial charge is 0.340 e. The lowest BCUT2D eigenvalue weighted by atomic mass is 10.00. The first-order chi connectivity index (χ1) is 20.0. The maximum Gasteiger partial charge on any atom is 0.258 e. The number of anilines is 3. The first-order valence-corrected chi connectivity index (χ1v) is 15.0. The van der Waals surface area contributed by atoms with Crippen molar-refractivity contribution in [3.63, 3.8) is 0 Å². The van der Waals surface area contributed by atoms with E-state index in [0.717, 1.165) is 73.2 Å². The molecular formula is C32H41N7O2. The van der Waals surface area contributed by atoms with E-state index >= 15 is 0 Å². The fourth-order valence-corrected chi connectivity index (χ4v) is 6.31. The molecule has 2 aromatic carbocycles. The van der Waals surface area contributed by atoms with E-state index in [1.165, 1.54) is 25.9 Å². The van der Waals surface area contributed by atoms with Crippen molar-refractivity contribution in [2.24, 2.45) is 7.05 Å². The highest BCUT2D eigenvalue weighted by atomic mass is 16.2. The maximum absolute atomic E-state index is 13.8. The smallest absolute Gasteiger partial charge is 0.258 e. The van der Waals surface area contributed by atoms with Gasteiger partial charge in [0.15, 0.2) is 0 Å². The van der Waals surface area contributed by atoms with E-state index in [-0.39, 0.29) is 11.8 Å². The molecular weight excluding hydrogens is 514 g/mol. The van der Waals surface area contributed by atoms with Gasteiger partial charge in [-0.25, -0.2) is 0 Å². The molecule has 4 heterocycles. The highest BCUT2D eigenvalue weighted by molar-refractivity contribution is 6.08. The summed E-state index contributed by atoms with van der Waals surface area (Å²) in [6.45, 7) is 10.8. The molecule has 9 heteroatoms. The molecule has 41 heavy (non-hydrogen) atoms. The number of hydrogen-bond donors (Lipinski definition) is 1. The Morgan fingerprint density at radius 3 is 2.41 bits per heavy atom. The normalized spacial score (nSPS) is 17.6. The van der Waals surface area contributed by atoms with Gasteiger partial charge in [-0.1, -0.05) is 18.2 Å². The average molecular weight is 556 g/mol. The van der Waals surface area contributed by atoms with Crippen LogP contribution in [0.3, 0.4) is 0 Å². The summed E-state index contributed by atoms with van der Waals surface area (Å²) < 4.78 is 1.80. The summed E-state index contributed by atoms with van der Waals surface area (Å²) in [7, 11) is 1.90. The molecule has 0 aliphatic carbocycles. The summed E-state index contributed by atoms with van der Waals surface area (Å²) in [5.41, 5.74) is 5.49. The number of amides is 2. The van der Waals surface area contributed by atoms with Crippen LogP contribution in [0, 0.1) is 6.92 Å². The SMILES string of the molecule is Cc1cc(C(=O)N2Cc3cnn(C)c3Nc3ccccc32)ccc1CCC(=O)N1CCN(CCN2CCCC2)CC1. The zero-order valence-electron chi connectivity index (χ0n) is 24.3. The second-order valence-electron chi connectivity index (χ2n) is 11.6. The lowest BCUT2D eigenvalue weighted by Gasteiger charge is -2.35. The molecule has 3 aliphatic heterocycles. The Balaban J connectivity index is 1.06. The van der Waals surface area contributed by atoms with Crippen LogP contribution in [0.15, 0.2) is 48.7 Å². The Labute approximate surface area is 242 Å². The Morgan fingerprint density at radius 1 is 0.927 bits per heavy atom. The van der Waals surface area contributed by atoms with Crippen LogP contribution in [0.25, 0.3) is 0 Å². The van der Waals surface area contributed by atoms with Crippen LogP contribution < -0.4 is 10.2 Å². The topological polar surface area (TPSA) is 76.9 Å². The molecule has 2 fully saturated rings. The molecule has 0 radical (unpaired) electrons. The molecule has 9 nitrogen and oxygen atoms in total. The van der Waals surface area contributed by atoms with Gasteiger partial charge in [0, 0.05) is 63.9 Å². The van der Waals surface area contributed by atoms with Gasteiger partial charge in [0.05, 0.1) is 24.1 Å². The van der Waals surface area contributed by atoms with Crippen molar-refractivity contribution in [2.45, 2.75) is 39.2 Å². The molecule has 0 atom stereocenters. The molecule has 0 spiro atoms. The predicted molar refractivity (Wildman–Crippen MR) is 162 cm³/mol. The summed E-state index contributed by atoms with van der Waals surface area (Å²) >= 11 is 0. The Hall–Kier alpha value is -3.69. The van der Waals surface area contributed by atoms with Crippen LogP contribution in [-0.2, 0) is 24.8 Å². The van der Waals surface area contributed by atoms with Crippen molar-refractivity contribution in [3.8, 4) is 0 Å². The van der Waals surface area contributed by atoms with Crippen LogP contribution in [0.2, 0.25) is 0 Å². The fraction of sp³-hybridized carbons (Fsp3) is 0.469. The molecule has 6 rings (SSSR count). The number of fused-ring (bicyclic) bond motifs is 2. The van der Waals surface area contributed by atoms with E-state index < -0.39 is 0 Å². The minimum atomic E-state index is -0.0516. The van der Waals surface area contributed by atoms with E-state index in [0.29, 0.717) is 24.9 Å². The fourth-order valence-electron chi connectivity index (χ4n) is 6.31. The van der Waals surface area contributed by atoms with Gasteiger partial charge >= 0.3 is 0 Å². The van der Waals surface area contributed by atoms with E-state index in [9.17, 15) is 9.59 Å². The highest BCUT2D eigenvalue weighted by Crippen LogP contribution is 2.36. The van der Waals surface area contributed by atoms with Gasteiger partial charge in [-0.2, -0.15) is 5.10 Å². The summed E-state index contributed by atoms with van der Waals surface area (Å²) in [5.74, 6) is 1.07. The molecule has 0 saturated carbocycles. The number of para-hydroxylation sites is 2. The summed E-state index contributed by atoms with van der Waals surface area (Å²) in [6, 6.07) is 13.8. The van der Waals surface area contributed by atoms with Gasteiger partial charge in [-0.05, 0) is 74.7 Å². The molecule has 3 aromatic rings. The number of nitrogens with zero attached hydrogens (tertiary/aromatic N) is 6. The number of likely N-dealkylation sites (tertiary alicyclic amines) is 1. The van der Waals surface area contributed by atoms with Crippen molar-refractivity contribution in [3.05, 3.63) is 70.9 Å². The van der Waals surface area contributed by atoms with E-state index in [1.54, 1.807) is 4.68 Å². The first-order valence-electron chi connectivity index (χ1n) is 15.0. The minimum Gasteiger partial charge on any atom is -0.340 e. The zero-order valence-corrected chi connectivity index (χ0v) is 24.3. The number of piperazine rings is 1. The molecule has 2 saturated heterocycles. The van der Waals surface area contributed by atoms with Crippen molar-refractivity contribution in [2.75, 3.05) is 62.6 Å². The average Bonchev–Trinajstić information content (AvgIpc) is 3.60. The first kappa shape index (κ1) is 27.5. The number of aromatic nitrogens is 2. The molecule has 216 valence electrons. The summed E-state index contributed by atoms with van der Waals surface area (Å²) in [4.78, 5) is 35.7. The number of carbonyl (C=O) groups excluding carboxylic acids is 2. The van der Waals surface area contributed by atoms with E-state index in [1.807, 2.05) is 72.4 Å². The van der Waals surface area contributed by atoms with Gasteiger partial charge in [-0.15, -0.1) is 0 Å². The lowest BCUT2D eigenvalue weighted by molar-refractivity contribution is -0.132. The van der Waals surface area contributed by atoms with Crippen LogP contribution in [0.4, 0.5) is 17.2 Å². The number of rotatable bonds is 7. The highest BCUT2D eigenvalue weighted by Gasteiger charge is 2.27. The molecule has 1 N–H and O–H groups in total. The van der Waals surface area contributed by atoms with E-state index in [2.05, 4.69) is 20.2 Å². The molecule has 2 amide bonds. The van der Waals surface area contributed by atoms with Gasteiger partial charge in [0.2, 0.25) is 5.91 Å². The third kappa shape index (κ3) is 6.01.